The molecule has 0 atom stereocenters. The second kappa shape index (κ2) is 8.59. The van der Waals surface area contributed by atoms with E-state index in [0.717, 1.165) is 21.9 Å². The van der Waals surface area contributed by atoms with Gasteiger partial charge in [0, 0.05) is 9.79 Å². The SMILES string of the molecule is N#CC(C#N)=C1C(Sc2ccccc2)=NSN=C1Sc1ccccc1. The van der Waals surface area contributed by atoms with Crippen LogP contribution < -0.4 is 0 Å². The molecule has 0 aromatic heterocycles. The van der Waals surface area contributed by atoms with E-state index < -0.39 is 0 Å². The van der Waals surface area contributed by atoms with Crippen LogP contribution in [0.2, 0.25) is 0 Å². The van der Waals surface area contributed by atoms with Gasteiger partial charge < -0.3 is 0 Å². The smallest absolute Gasteiger partial charge is 0.142 e. The lowest BCUT2D eigenvalue weighted by atomic mass is 10.1. The number of thioether (sulfide) groups is 2. The van der Waals surface area contributed by atoms with Crippen LogP contribution in [0.5, 0.6) is 0 Å². The zero-order valence-corrected chi connectivity index (χ0v) is 15.2. The second-order valence-electron chi connectivity index (χ2n) is 4.68. The van der Waals surface area contributed by atoms with Crippen LogP contribution in [0.4, 0.5) is 0 Å². The lowest BCUT2D eigenvalue weighted by Crippen LogP contribution is -2.12. The molecule has 2 aromatic carbocycles. The number of nitrogens with zero attached hydrogens (tertiary/aromatic N) is 4. The third-order valence-corrected chi connectivity index (χ3v) is 5.82. The molecule has 1 heterocycles. The van der Waals surface area contributed by atoms with Gasteiger partial charge in [0.25, 0.3) is 0 Å². The fraction of sp³-hybridized carbons (Fsp3) is 0. The molecule has 0 saturated heterocycles. The van der Waals surface area contributed by atoms with E-state index in [1.165, 1.54) is 23.5 Å². The largest absolute Gasteiger partial charge is 0.192 e. The summed E-state index contributed by atoms with van der Waals surface area (Å²) >= 11 is 3.91. The quantitative estimate of drug-likeness (QED) is 0.524. The average molecular weight is 379 g/mol. The Labute approximate surface area is 158 Å². The van der Waals surface area contributed by atoms with E-state index in [9.17, 15) is 10.5 Å². The Balaban J connectivity index is 1.97. The third-order valence-electron chi connectivity index (χ3n) is 3.06. The van der Waals surface area contributed by atoms with Crippen molar-refractivity contribution >= 4 is 45.7 Å². The summed E-state index contributed by atoms with van der Waals surface area (Å²) in [5, 5.41) is 20.0. The van der Waals surface area contributed by atoms with Gasteiger partial charge in [-0.05, 0) is 24.3 Å². The minimum Gasteiger partial charge on any atom is -0.192 e. The number of allylic oxidation sites excluding steroid dienone is 1. The van der Waals surface area contributed by atoms with Crippen LogP contribution in [0.25, 0.3) is 0 Å². The molecule has 4 nitrogen and oxygen atoms in total. The van der Waals surface area contributed by atoms with Crippen molar-refractivity contribution in [3.63, 3.8) is 0 Å². The molecule has 0 spiro atoms. The fourth-order valence-electron chi connectivity index (χ4n) is 1.97. The zero-order valence-electron chi connectivity index (χ0n) is 12.8. The molecular formula is C18H10N4S3. The van der Waals surface area contributed by atoms with Crippen LogP contribution in [0, 0.1) is 22.7 Å². The van der Waals surface area contributed by atoms with Gasteiger partial charge >= 0.3 is 0 Å². The molecule has 0 radical (unpaired) electrons. The van der Waals surface area contributed by atoms with Crippen molar-refractivity contribution in [2.24, 2.45) is 8.80 Å². The number of benzene rings is 2. The molecule has 120 valence electrons. The summed E-state index contributed by atoms with van der Waals surface area (Å²) in [5.41, 5.74) is 0.510. The molecular weight excluding hydrogens is 368 g/mol. The van der Waals surface area contributed by atoms with Crippen LogP contribution in [0.15, 0.2) is 90.4 Å². The summed E-state index contributed by atoms with van der Waals surface area (Å²) in [5.74, 6) is 0. The molecule has 1 aliphatic heterocycles. The second-order valence-corrected chi connectivity index (χ2v) is 7.33. The summed E-state index contributed by atoms with van der Waals surface area (Å²) in [6.45, 7) is 0. The first kappa shape index (κ1) is 17.4. The van der Waals surface area contributed by atoms with Gasteiger partial charge in [0.05, 0.1) is 5.57 Å². The van der Waals surface area contributed by atoms with Crippen LogP contribution >= 0.6 is 35.7 Å². The first-order chi connectivity index (χ1) is 12.3. The summed E-state index contributed by atoms with van der Waals surface area (Å²) in [7, 11) is 0. The maximum absolute atomic E-state index is 9.38. The summed E-state index contributed by atoms with van der Waals surface area (Å²) in [6, 6.07) is 23.4. The summed E-state index contributed by atoms with van der Waals surface area (Å²) in [4.78, 5) is 1.97. The van der Waals surface area contributed by atoms with Gasteiger partial charge in [-0.1, -0.05) is 59.9 Å². The lowest BCUT2D eigenvalue weighted by molar-refractivity contribution is 1.45. The van der Waals surface area contributed by atoms with Crippen molar-refractivity contribution in [2.75, 3.05) is 0 Å². The van der Waals surface area contributed by atoms with Gasteiger partial charge in [0.15, 0.2) is 0 Å². The van der Waals surface area contributed by atoms with Crippen LogP contribution in [0.3, 0.4) is 0 Å². The monoisotopic (exact) mass is 378 g/mol. The van der Waals surface area contributed by atoms with Gasteiger partial charge in [-0.2, -0.15) is 19.3 Å². The van der Waals surface area contributed by atoms with Crippen molar-refractivity contribution in [3.05, 3.63) is 71.8 Å². The Morgan fingerprint density at radius 1 is 0.760 bits per heavy atom. The Kier molecular flexibility index (Phi) is 5.97. The maximum atomic E-state index is 9.38. The Morgan fingerprint density at radius 2 is 1.20 bits per heavy atom. The van der Waals surface area contributed by atoms with E-state index in [0.29, 0.717) is 15.7 Å². The normalized spacial score (nSPS) is 13.3. The molecule has 0 unspecified atom stereocenters. The van der Waals surface area contributed by atoms with Gasteiger partial charge in [0.2, 0.25) is 0 Å². The highest BCUT2D eigenvalue weighted by molar-refractivity contribution is 8.18. The molecule has 0 saturated carbocycles. The lowest BCUT2D eigenvalue weighted by Gasteiger charge is -2.15. The van der Waals surface area contributed by atoms with E-state index in [1.807, 2.05) is 72.8 Å². The first-order valence-electron chi connectivity index (χ1n) is 7.15. The zero-order chi connectivity index (χ0) is 17.5. The molecule has 0 bridgehead atoms. The van der Waals surface area contributed by atoms with Gasteiger partial charge in [-0.3, -0.25) is 0 Å². The highest BCUT2D eigenvalue weighted by atomic mass is 32.2. The molecule has 0 aliphatic carbocycles. The molecule has 3 rings (SSSR count). The minimum absolute atomic E-state index is 0.0182. The highest BCUT2D eigenvalue weighted by Crippen LogP contribution is 2.36. The predicted octanol–water partition coefficient (Wildman–Crippen LogP) is 5.29. The maximum Gasteiger partial charge on any atom is 0.142 e. The molecule has 0 N–H and O–H groups in total. The van der Waals surface area contributed by atoms with Crippen LogP contribution in [0.1, 0.15) is 0 Å². The minimum atomic E-state index is 0.0182. The van der Waals surface area contributed by atoms with Crippen molar-refractivity contribution in [1.29, 1.82) is 10.5 Å². The Bertz CT molecular complexity index is 860. The third kappa shape index (κ3) is 4.34. The number of rotatable bonds is 2. The van der Waals surface area contributed by atoms with Crippen LogP contribution in [-0.4, -0.2) is 10.1 Å². The topological polar surface area (TPSA) is 72.3 Å². The molecule has 25 heavy (non-hydrogen) atoms. The van der Waals surface area contributed by atoms with Gasteiger partial charge in [-0.25, -0.2) is 0 Å². The summed E-state index contributed by atoms with van der Waals surface area (Å²) in [6.07, 6.45) is 0. The van der Waals surface area contributed by atoms with Gasteiger partial charge in [-0.15, -0.1) is 0 Å². The molecule has 0 amide bonds. The number of hydrogen-bond acceptors (Lipinski definition) is 7. The van der Waals surface area contributed by atoms with E-state index in [1.54, 1.807) is 0 Å². The molecule has 7 heteroatoms. The number of nitriles is 2. The van der Waals surface area contributed by atoms with E-state index in [-0.39, 0.29) is 5.57 Å². The predicted molar refractivity (Wildman–Crippen MR) is 105 cm³/mol. The Hall–Kier alpha value is -2.45. The van der Waals surface area contributed by atoms with E-state index in [4.69, 9.17) is 0 Å². The molecule has 2 aromatic rings. The van der Waals surface area contributed by atoms with E-state index in [2.05, 4.69) is 8.80 Å². The van der Waals surface area contributed by atoms with Crippen molar-refractivity contribution in [3.8, 4) is 12.1 Å². The van der Waals surface area contributed by atoms with Crippen molar-refractivity contribution in [1.82, 2.24) is 0 Å². The van der Waals surface area contributed by atoms with Gasteiger partial charge in [0.1, 0.15) is 39.9 Å². The molecule has 0 fully saturated rings. The van der Waals surface area contributed by atoms with Crippen molar-refractivity contribution < 1.29 is 0 Å². The summed E-state index contributed by atoms with van der Waals surface area (Å²) < 4.78 is 8.70. The highest BCUT2D eigenvalue weighted by Gasteiger charge is 2.25. The fourth-order valence-corrected chi connectivity index (χ4v) is 4.54. The van der Waals surface area contributed by atoms with Crippen LogP contribution in [-0.2, 0) is 0 Å². The average Bonchev–Trinajstić information content (AvgIpc) is 2.66. The first-order valence-corrected chi connectivity index (χ1v) is 9.51. The standard InChI is InChI=1S/C18H10N4S3/c19-11-13(12-20)16-17(23-14-7-3-1-4-8-14)21-25-22-18(16)24-15-9-5-2-6-10-15/h1-10H. The number of hydrogen-bond donors (Lipinski definition) is 0. The molecule has 1 aliphatic rings. The van der Waals surface area contributed by atoms with E-state index >= 15 is 0 Å². The Morgan fingerprint density at radius 3 is 1.60 bits per heavy atom. The van der Waals surface area contributed by atoms with Crippen molar-refractivity contribution in [2.45, 2.75) is 9.79 Å².